The molecule has 2 aliphatic rings. The lowest BCUT2D eigenvalue weighted by Gasteiger charge is -2.33. The van der Waals surface area contributed by atoms with Crippen molar-refractivity contribution < 1.29 is 14.0 Å². The highest BCUT2D eigenvalue weighted by atomic mass is 19.1. The second-order valence-electron chi connectivity index (χ2n) is 7.01. The number of carbonyl (C=O) groups is 2. The van der Waals surface area contributed by atoms with Gasteiger partial charge in [0.2, 0.25) is 5.91 Å². The molecular weight excluding hydrogens is 335 g/mol. The monoisotopic (exact) mass is 356 g/mol. The van der Waals surface area contributed by atoms with Crippen molar-refractivity contribution in [3.63, 3.8) is 0 Å². The maximum atomic E-state index is 14.5. The number of piperidine rings is 1. The van der Waals surface area contributed by atoms with Crippen LogP contribution in [0.5, 0.6) is 0 Å². The maximum Gasteiger partial charge on any atom is 0.256 e. The molecule has 0 spiro atoms. The van der Waals surface area contributed by atoms with Crippen LogP contribution in [-0.4, -0.2) is 39.6 Å². The zero-order valence-electron chi connectivity index (χ0n) is 14.7. The number of rotatable bonds is 2. The summed E-state index contributed by atoms with van der Waals surface area (Å²) in [4.78, 5) is 26.1. The molecule has 1 atom stereocenters. The van der Waals surface area contributed by atoms with Crippen molar-refractivity contribution in [2.45, 2.75) is 31.6 Å². The van der Waals surface area contributed by atoms with E-state index in [9.17, 15) is 14.0 Å². The molecule has 0 radical (unpaired) electrons. The van der Waals surface area contributed by atoms with Crippen LogP contribution in [0.25, 0.3) is 0 Å². The minimum absolute atomic E-state index is 0.0885. The molecule has 7 heteroatoms. The SMILES string of the molecule is Cn1nccc1C1CCCN(C(=O)c2cc3c(cc2F)NC(=O)CC3)C1. The fourth-order valence-electron chi connectivity index (χ4n) is 3.92. The van der Waals surface area contributed by atoms with Crippen molar-refractivity contribution in [3.05, 3.63) is 47.0 Å². The van der Waals surface area contributed by atoms with Gasteiger partial charge in [0.05, 0.1) is 5.56 Å². The van der Waals surface area contributed by atoms with Crippen molar-refractivity contribution in [2.75, 3.05) is 18.4 Å². The van der Waals surface area contributed by atoms with Gasteiger partial charge in [-0.3, -0.25) is 14.3 Å². The van der Waals surface area contributed by atoms with E-state index < -0.39 is 5.82 Å². The van der Waals surface area contributed by atoms with Crippen LogP contribution in [0.3, 0.4) is 0 Å². The quantitative estimate of drug-likeness (QED) is 0.899. The van der Waals surface area contributed by atoms with Gasteiger partial charge in [0.1, 0.15) is 5.82 Å². The molecule has 6 nitrogen and oxygen atoms in total. The summed E-state index contributed by atoms with van der Waals surface area (Å²) in [6.07, 6.45) is 4.51. The molecule has 2 aromatic rings. The fraction of sp³-hybridized carbons (Fsp3) is 0.421. The first-order chi connectivity index (χ1) is 12.5. The number of fused-ring (bicyclic) bond motifs is 1. The number of anilines is 1. The molecule has 3 heterocycles. The molecule has 1 saturated heterocycles. The summed E-state index contributed by atoms with van der Waals surface area (Å²) in [6, 6.07) is 4.84. The number of amides is 2. The molecule has 1 N–H and O–H groups in total. The lowest BCUT2D eigenvalue weighted by Crippen LogP contribution is -2.40. The molecule has 26 heavy (non-hydrogen) atoms. The number of aryl methyl sites for hydroxylation is 2. The Hall–Kier alpha value is -2.70. The third-order valence-electron chi connectivity index (χ3n) is 5.30. The average molecular weight is 356 g/mol. The molecule has 1 unspecified atom stereocenters. The van der Waals surface area contributed by atoms with Crippen LogP contribution in [0.2, 0.25) is 0 Å². The van der Waals surface area contributed by atoms with E-state index in [0.29, 0.717) is 31.6 Å². The lowest BCUT2D eigenvalue weighted by molar-refractivity contribution is -0.116. The normalized spacial score (nSPS) is 19.8. The minimum Gasteiger partial charge on any atom is -0.338 e. The van der Waals surface area contributed by atoms with Gasteiger partial charge in [-0.2, -0.15) is 5.10 Å². The molecule has 0 saturated carbocycles. The van der Waals surface area contributed by atoms with Gasteiger partial charge in [-0.1, -0.05) is 0 Å². The van der Waals surface area contributed by atoms with E-state index in [0.717, 1.165) is 24.1 Å². The smallest absolute Gasteiger partial charge is 0.256 e. The van der Waals surface area contributed by atoms with Crippen molar-refractivity contribution >= 4 is 17.5 Å². The number of hydrogen-bond acceptors (Lipinski definition) is 3. The molecule has 1 aromatic heterocycles. The number of halogens is 1. The van der Waals surface area contributed by atoms with Gasteiger partial charge in [-0.25, -0.2) is 4.39 Å². The summed E-state index contributed by atoms with van der Waals surface area (Å²) in [5.41, 5.74) is 2.47. The third-order valence-corrected chi connectivity index (χ3v) is 5.30. The molecular formula is C19H21FN4O2. The summed E-state index contributed by atoms with van der Waals surface area (Å²) >= 11 is 0. The molecule has 0 aliphatic carbocycles. The highest BCUT2D eigenvalue weighted by molar-refractivity contribution is 5.98. The van der Waals surface area contributed by atoms with E-state index in [4.69, 9.17) is 0 Å². The topological polar surface area (TPSA) is 67.2 Å². The number of aromatic nitrogens is 2. The first kappa shape index (κ1) is 16.8. The van der Waals surface area contributed by atoms with Crippen LogP contribution >= 0.6 is 0 Å². The standard InChI is InChI=1S/C19H21FN4O2/c1-23-17(6-7-21-23)13-3-2-8-24(11-13)19(26)14-9-12-4-5-18(25)22-16(12)10-15(14)20/h6-7,9-10,13H,2-5,8,11H2,1H3,(H,22,25). The predicted molar refractivity (Wildman–Crippen MR) is 94.4 cm³/mol. The zero-order chi connectivity index (χ0) is 18.3. The van der Waals surface area contributed by atoms with E-state index in [-0.39, 0.29) is 23.3 Å². The van der Waals surface area contributed by atoms with Gasteiger partial charge >= 0.3 is 0 Å². The van der Waals surface area contributed by atoms with Gasteiger partial charge in [0.25, 0.3) is 5.91 Å². The Morgan fingerprint density at radius 2 is 2.19 bits per heavy atom. The highest BCUT2D eigenvalue weighted by Gasteiger charge is 2.29. The van der Waals surface area contributed by atoms with Crippen LogP contribution in [0.15, 0.2) is 24.4 Å². The van der Waals surface area contributed by atoms with E-state index in [1.165, 1.54) is 6.07 Å². The van der Waals surface area contributed by atoms with Crippen molar-refractivity contribution in [2.24, 2.45) is 7.05 Å². The number of nitrogens with one attached hydrogen (secondary N) is 1. The number of benzene rings is 1. The number of nitrogens with zero attached hydrogens (tertiary/aromatic N) is 3. The van der Waals surface area contributed by atoms with Crippen molar-refractivity contribution in [1.82, 2.24) is 14.7 Å². The molecule has 0 bridgehead atoms. The second-order valence-corrected chi connectivity index (χ2v) is 7.01. The number of hydrogen-bond donors (Lipinski definition) is 1. The van der Waals surface area contributed by atoms with Crippen LogP contribution in [-0.2, 0) is 18.3 Å². The third kappa shape index (κ3) is 2.98. The second kappa shape index (κ2) is 6.55. The molecule has 1 aromatic carbocycles. The Bertz CT molecular complexity index is 876. The predicted octanol–water partition coefficient (Wildman–Crippen LogP) is 2.46. The summed E-state index contributed by atoms with van der Waals surface area (Å²) in [5.74, 6) is -0.779. The lowest BCUT2D eigenvalue weighted by atomic mass is 9.93. The molecule has 1 fully saturated rings. The molecule has 2 amide bonds. The molecule has 136 valence electrons. The number of carbonyl (C=O) groups excluding carboxylic acids is 2. The summed E-state index contributed by atoms with van der Waals surface area (Å²) in [5, 5.41) is 6.87. The average Bonchev–Trinajstić information content (AvgIpc) is 3.06. The largest absolute Gasteiger partial charge is 0.338 e. The first-order valence-electron chi connectivity index (χ1n) is 8.92. The molecule has 2 aliphatic heterocycles. The van der Waals surface area contributed by atoms with Gasteiger partial charge in [0, 0.05) is 50.1 Å². The Labute approximate surface area is 151 Å². The van der Waals surface area contributed by atoms with E-state index in [2.05, 4.69) is 10.4 Å². The van der Waals surface area contributed by atoms with Crippen LogP contribution in [0.4, 0.5) is 10.1 Å². The van der Waals surface area contributed by atoms with E-state index >= 15 is 0 Å². The Morgan fingerprint density at radius 1 is 1.35 bits per heavy atom. The number of likely N-dealkylation sites (tertiary alicyclic amines) is 1. The summed E-state index contributed by atoms with van der Waals surface area (Å²) in [6.45, 7) is 1.19. The minimum atomic E-state index is -0.585. The van der Waals surface area contributed by atoms with Crippen molar-refractivity contribution in [3.8, 4) is 0 Å². The van der Waals surface area contributed by atoms with Gasteiger partial charge in [0.15, 0.2) is 0 Å². The first-order valence-corrected chi connectivity index (χ1v) is 8.92. The van der Waals surface area contributed by atoms with E-state index in [1.54, 1.807) is 17.2 Å². The van der Waals surface area contributed by atoms with Crippen LogP contribution < -0.4 is 5.32 Å². The zero-order valence-corrected chi connectivity index (χ0v) is 14.7. The Balaban J connectivity index is 1.57. The van der Waals surface area contributed by atoms with Crippen LogP contribution in [0, 0.1) is 5.82 Å². The maximum absolute atomic E-state index is 14.5. The molecule has 4 rings (SSSR count). The van der Waals surface area contributed by atoms with Gasteiger partial charge in [-0.05, 0) is 43.0 Å². The highest BCUT2D eigenvalue weighted by Crippen LogP contribution is 2.30. The van der Waals surface area contributed by atoms with Crippen LogP contribution in [0.1, 0.15) is 46.8 Å². The fourth-order valence-corrected chi connectivity index (χ4v) is 3.92. The Kier molecular flexibility index (Phi) is 4.22. The van der Waals surface area contributed by atoms with Crippen molar-refractivity contribution in [1.29, 1.82) is 0 Å². The van der Waals surface area contributed by atoms with Gasteiger partial charge < -0.3 is 10.2 Å². The summed E-state index contributed by atoms with van der Waals surface area (Å²) in [7, 11) is 1.90. The van der Waals surface area contributed by atoms with Gasteiger partial charge in [-0.15, -0.1) is 0 Å². The summed E-state index contributed by atoms with van der Waals surface area (Å²) < 4.78 is 16.4. The Morgan fingerprint density at radius 3 is 2.96 bits per heavy atom. The van der Waals surface area contributed by atoms with E-state index in [1.807, 2.05) is 17.8 Å².